The van der Waals surface area contributed by atoms with Crippen LogP contribution in [0.3, 0.4) is 0 Å². The van der Waals surface area contributed by atoms with E-state index < -0.39 is 24.0 Å². The van der Waals surface area contributed by atoms with E-state index in [0.717, 1.165) is 5.56 Å². The van der Waals surface area contributed by atoms with E-state index >= 15 is 0 Å². The number of hydrogen-bond acceptors (Lipinski definition) is 5. The number of aliphatic hydroxyl groups is 1. The Morgan fingerprint density at radius 3 is 2.50 bits per heavy atom. The second-order valence-corrected chi connectivity index (χ2v) is 4.31. The molecule has 0 aliphatic heterocycles. The van der Waals surface area contributed by atoms with Crippen molar-refractivity contribution in [2.75, 3.05) is 13.7 Å². The van der Waals surface area contributed by atoms with Crippen LogP contribution in [0.1, 0.15) is 12.5 Å². The monoisotopic (exact) mass is 281 g/mol. The summed E-state index contributed by atoms with van der Waals surface area (Å²) in [5.74, 6) is -1.17. The highest BCUT2D eigenvalue weighted by Crippen LogP contribution is 2.06. The van der Waals surface area contributed by atoms with E-state index in [1.807, 2.05) is 30.3 Å². The molecule has 0 aliphatic carbocycles. The van der Waals surface area contributed by atoms with Gasteiger partial charge in [-0.25, -0.2) is 4.79 Å². The molecule has 20 heavy (non-hydrogen) atoms. The zero-order valence-electron chi connectivity index (χ0n) is 11.5. The quantitative estimate of drug-likeness (QED) is 0.762. The molecule has 6 heteroatoms. The topological polar surface area (TPSA) is 84.9 Å². The van der Waals surface area contributed by atoms with Gasteiger partial charge < -0.3 is 19.9 Å². The molecule has 0 fully saturated rings. The van der Waals surface area contributed by atoms with Crippen LogP contribution in [0.25, 0.3) is 0 Å². The second kappa shape index (κ2) is 8.16. The van der Waals surface area contributed by atoms with E-state index in [0.29, 0.717) is 0 Å². The van der Waals surface area contributed by atoms with Gasteiger partial charge in [0.05, 0.1) is 25.7 Å². The van der Waals surface area contributed by atoms with Gasteiger partial charge in [0.2, 0.25) is 0 Å². The van der Waals surface area contributed by atoms with Crippen LogP contribution >= 0.6 is 0 Å². The number of methoxy groups -OCH3 is 1. The van der Waals surface area contributed by atoms with Gasteiger partial charge in [0, 0.05) is 0 Å². The lowest BCUT2D eigenvalue weighted by atomic mass is 10.0. The largest absolute Gasteiger partial charge is 0.469 e. The van der Waals surface area contributed by atoms with Crippen molar-refractivity contribution in [1.29, 1.82) is 0 Å². The fourth-order valence-electron chi connectivity index (χ4n) is 1.60. The van der Waals surface area contributed by atoms with Crippen LogP contribution in [0.4, 0.5) is 4.79 Å². The Labute approximate surface area is 117 Å². The van der Waals surface area contributed by atoms with Crippen molar-refractivity contribution in [2.45, 2.75) is 19.6 Å². The van der Waals surface area contributed by atoms with Crippen molar-refractivity contribution < 1.29 is 24.2 Å². The number of nitrogens with one attached hydrogen (secondary N) is 1. The molecule has 0 unspecified atom stereocenters. The Morgan fingerprint density at radius 1 is 1.30 bits per heavy atom. The number of carbonyl (C=O) groups is 2. The summed E-state index contributed by atoms with van der Waals surface area (Å²) in [6.07, 6.45) is -0.691. The third-order valence-electron chi connectivity index (χ3n) is 2.89. The fraction of sp³-hybridized carbons (Fsp3) is 0.429. The molecular formula is C14H19NO5. The molecule has 110 valence electrons. The maximum absolute atomic E-state index is 11.6. The Kier molecular flexibility index (Phi) is 6.52. The molecule has 2 N–H and O–H groups in total. The third-order valence-corrected chi connectivity index (χ3v) is 2.89. The molecule has 1 amide bonds. The molecular weight excluding hydrogens is 262 g/mol. The summed E-state index contributed by atoms with van der Waals surface area (Å²) in [5.41, 5.74) is 0.851. The molecule has 0 aliphatic rings. The van der Waals surface area contributed by atoms with E-state index in [4.69, 9.17) is 4.74 Å². The number of esters is 1. The molecule has 0 heterocycles. The van der Waals surface area contributed by atoms with Crippen LogP contribution in [0.5, 0.6) is 0 Å². The maximum atomic E-state index is 11.6. The van der Waals surface area contributed by atoms with E-state index in [1.54, 1.807) is 6.92 Å². The number of benzene rings is 1. The molecule has 0 spiro atoms. The predicted octanol–water partition coefficient (Wildman–Crippen LogP) is 1.08. The summed E-state index contributed by atoms with van der Waals surface area (Å²) in [6.45, 7) is 1.30. The van der Waals surface area contributed by atoms with Gasteiger partial charge in [-0.15, -0.1) is 0 Å². The predicted molar refractivity (Wildman–Crippen MR) is 71.8 cm³/mol. The van der Waals surface area contributed by atoms with Gasteiger partial charge in [-0.05, 0) is 12.5 Å². The molecule has 0 aromatic heterocycles. The van der Waals surface area contributed by atoms with Crippen LogP contribution in [0.2, 0.25) is 0 Å². The Hall–Kier alpha value is -2.08. The van der Waals surface area contributed by atoms with E-state index in [-0.39, 0.29) is 13.2 Å². The third kappa shape index (κ3) is 4.89. The van der Waals surface area contributed by atoms with Gasteiger partial charge in [0.1, 0.15) is 6.61 Å². The Bertz CT molecular complexity index is 434. The van der Waals surface area contributed by atoms with Gasteiger partial charge in [0.25, 0.3) is 0 Å². The van der Waals surface area contributed by atoms with Crippen molar-refractivity contribution in [3.8, 4) is 0 Å². The maximum Gasteiger partial charge on any atom is 0.407 e. The lowest BCUT2D eigenvalue weighted by Crippen LogP contribution is -2.45. The number of amides is 1. The average Bonchev–Trinajstić information content (AvgIpc) is 2.50. The minimum Gasteiger partial charge on any atom is -0.469 e. The lowest BCUT2D eigenvalue weighted by Gasteiger charge is -2.20. The number of alkyl carbamates (subject to hydrolysis) is 1. The Morgan fingerprint density at radius 2 is 1.95 bits per heavy atom. The summed E-state index contributed by atoms with van der Waals surface area (Å²) in [6, 6.07) is 8.45. The molecule has 0 radical (unpaired) electrons. The van der Waals surface area contributed by atoms with Crippen molar-refractivity contribution >= 4 is 12.1 Å². The highest BCUT2D eigenvalue weighted by molar-refractivity contribution is 5.74. The molecule has 1 aromatic rings. The first-order valence-corrected chi connectivity index (χ1v) is 6.24. The second-order valence-electron chi connectivity index (χ2n) is 4.31. The molecule has 2 atom stereocenters. The average molecular weight is 281 g/mol. The van der Waals surface area contributed by atoms with Gasteiger partial charge in [-0.3, -0.25) is 4.79 Å². The number of hydrogen-bond donors (Lipinski definition) is 2. The van der Waals surface area contributed by atoms with Crippen molar-refractivity contribution in [2.24, 2.45) is 5.92 Å². The van der Waals surface area contributed by atoms with E-state index in [9.17, 15) is 14.7 Å². The Balaban J connectivity index is 2.45. The fourth-order valence-corrected chi connectivity index (χ4v) is 1.60. The summed E-state index contributed by atoms with van der Waals surface area (Å²) >= 11 is 0. The zero-order valence-corrected chi connectivity index (χ0v) is 11.5. The molecule has 0 saturated carbocycles. The highest BCUT2D eigenvalue weighted by atomic mass is 16.5. The first-order chi connectivity index (χ1) is 9.58. The normalized spacial score (nSPS) is 13.2. The molecule has 1 rings (SSSR count). The molecule has 6 nitrogen and oxygen atoms in total. The van der Waals surface area contributed by atoms with Crippen LogP contribution < -0.4 is 5.32 Å². The highest BCUT2D eigenvalue weighted by Gasteiger charge is 2.26. The van der Waals surface area contributed by atoms with Crippen LogP contribution in [0, 0.1) is 5.92 Å². The smallest absolute Gasteiger partial charge is 0.407 e. The summed E-state index contributed by atoms with van der Waals surface area (Å²) in [4.78, 5) is 23.0. The first-order valence-electron chi connectivity index (χ1n) is 6.24. The lowest BCUT2D eigenvalue weighted by molar-refractivity contribution is -0.146. The standard InChI is InChI=1S/C14H19NO5/c1-10(13(17)19-2)12(8-16)15-14(18)20-9-11-6-4-3-5-7-11/h3-7,10,12,16H,8-9H2,1-2H3,(H,15,18)/t10-,12-/m1/s1. The minimum atomic E-state index is -0.745. The number of rotatable bonds is 6. The van der Waals surface area contributed by atoms with Crippen LogP contribution in [0.15, 0.2) is 30.3 Å². The number of carbonyl (C=O) groups excluding carboxylic acids is 2. The van der Waals surface area contributed by atoms with Crippen LogP contribution in [-0.2, 0) is 20.9 Å². The van der Waals surface area contributed by atoms with Crippen molar-refractivity contribution in [3.05, 3.63) is 35.9 Å². The minimum absolute atomic E-state index is 0.122. The van der Waals surface area contributed by atoms with Crippen LogP contribution in [-0.4, -0.2) is 36.9 Å². The zero-order chi connectivity index (χ0) is 15.0. The molecule has 0 bridgehead atoms. The van der Waals surface area contributed by atoms with Gasteiger partial charge >= 0.3 is 12.1 Å². The number of aliphatic hydroxyl groups excluding tert-OH is 1. The van der Waals surface area contributed by atoms with E-state index in [2.05, 4.69) is 10.1 Å². The van der Waals surface area contributed by atoms with Gasteiger partial charge in [-0.2, -0.15) is 0 Å². The summed E-state index contributed by atoms with van der Waals surface area (Å²) in [7, 11) is 1.25. The summed E-state index contributed by atoms with van der Waals surface area (Å²) < 4.78 is 9.57. The number of ether oxygens (including phenoxy) is 2. The van der Waals surface area contributed by atoms with Gasteiger partial charge in [0.15, 0.2) is 0 Å². The van der Waals surface area contributed by atoms with E-state index in [1.165, 1.54) is 7.11 Å². The molecule has 0 saturated heterocycles. The van der Waals surface area contributed by atoms with Gasteiger partial charge in [-0.1, -0.05) is 30.3 Å². The summed E-state index contributed by atoms with van der Waals surface area (Å²) in [5, 5.41) is 11.6. The van der Waals surface area contributed by atoms with Crippen molar-refractivity contribution in [3.63, 3.8) is 0 Å². The first kappa shape index (κ1) is 16.0. The SMILES string of the molecule is COC(=O)[C@H](C)[C@@H](CO)NC(=O)OCc1ccccc1. The van der Waals surface area contributed by atoms with Crippen molar-refractivity contribution in [1.82, 2.24) is 5.32 Å². The molecule has 1 aromatic carbocycles.